The van der Waals surface area contributed by atoms with Crippen LogP contribution in [0.25, 0.3) is 0 Å². The highest BCUT2D eigenvalue weighted by molar-refractivity contribution is 6.31. The first-order chi connectivity index (χ1) is 16.5. The van der Waals surface area contributed by atoms with E-state index >= 15 is 0 Å². The van der Waals surface area contributed by atoms with Crippen molar-refractivity contribution >= 4 is 29.0 Å². The summed E-state index contributed by atoms with van der Waals surface area (Å²) >= 11 is 12.0. The molecule has 0 aliphatic heterocycles. The molecule has 0 radical (unpaired) electrons. The molecule has 0 bridgehead atoms. The Hall–Kier alpha value is -3.05. The van der Waals surface area contributed by atoms with Crippen molar-refractivity contribution in [3.8, 4) is 0 Å². The van der Waals surface area contributed by atoms with Gasteiger partial charge in [0.15, 0.2) is 0 Å². The normalized spacial score (nSPS) is 16.0. The summed E-state index contributed by atoms with van der Waals surface area (Å²) in [6.07, 6.45) is 6.21. The first-order valence-corrected chi connectivity index (χ1v) is 11.9. The Labute approximate surface area is 208 Å². The zero-order chi connectivity index (χ0) is 23.7. The number of aromatic nitrogens is 2. The average molecular weight is 489 g/mol. The number of hydrogen-bond donors (Lipinski definition) is 1. The van der Waals surface area contributed by atoms with E-state index in [1.54, 1.807) is 24.5 Å². The highest BCUT2D eigenvalue weighted by Crippen LogP contribution is 2.32. The van der Waals surface area contributed by atoms with Crippen molar-refractivity contribution < 1.29 is 9.90 Å². The van der Waals surface area contributed by atoms with Gasteiger partial charge in [-0.05, 0) is 96.0 Å². The molecule has 4 aromatic rings. The number of carbonyl (C=O) groups is 1. The number of aryl methyl sites for hydroxylation is 4. The van der Waals surface area contributed by atoms with Gasteiger partial charge in [0, 0.05) is 28.0 Å². The van der Waals surface area contributed by atoms with Crippen molar-refractivity contribution in [2.45, 2.75) is 31.8 Å². The molecule has 0 saturated carbocycles. The number of ketones is 1. The highest BCUT2D eigenvalue weighted by atomic mass is 35.5. The Morgan fingerprint density at radius 3 is 2.18 bits per heavy atom. The minimum absolute atomic E-state index is 0.00441. The van der Waals surface area contributed by atoms with Crippen LogP contribution in [-0.4, -0.2) is 20.9 Å². The average Bonchev–Trinajstić information content (AvgIpc) is 3.08. The number of halogens is 2. The van der Waals surface area contributed by atoms with Crippen LogP contribution in [0, 0.1) is 0 Å². The summed E-state index contributed by atoms with van der Waals surface area (Å²) in [6.45, 7) is 0. The van der Waals surface area contributed by atoms with Gasteiger partial charge in [0.25, 0.3) is 0 Å². The third kappa shape index (κ3) is 4.49. The van der Waals surface area contributed by atoms with E-state index in [-0.39, 0.29) is 5.78 Å². The van der Waals surface area contributed by atoms with Gasteiger partial charge in [-0.3, -0.25) is 14.8 Å². The fraction of sp³-hybridized carbons (Fsp3) is 0.179. The minimum Gasteiger partial charge on any atom is -0.382 e. The van der Waals surface area contributed by atoms with Gasteiger partial charge in [0.05, 0.1) is 5.69 Å². The fourth-order valence-electron chi connectivity index (χ4n) is 4.61. The third-order valence-corrected chi connectivity index (χ3v) is 6.80. The largest absolute Gasteiger partial charge is 0.382 e. The first kappa shape index (κ1) is 22.7. The van der Waals surface area contributed by atoms with Gasteiger partial charge in [-0.2, -0.15) is 0 Å². The number of rotatable bonds is 0. The van der Waals surface area contributed by atoms with E-state index in [2.05, 4.69) is 9.97 Å². The summed E-state index contributed by atoms with van der Waals surface area (Å²) in [5.41, 5.74) is 7.27. The molecule has 0 fully saturated rings. The van der Waals surface area contributed by atoms with Crippen LogP contribution >= 0.6 is 23.2 Å². The number of hydrogen-bond acceptors (Lipinski definition) is 4. The van der Waals surface area contributed by atoms with Gasteiger partial charge in [-0.1, -0.05) is 41.4 Å². The lowest BCUT2D eigenvalue weighted by molar-refractivity contribution is 0.103. The summed E-state index contributed by atoms with van der Waals surface area (Å²) in [7, 11) is 0. The number of nitrogens with zero attached hydrogens (tertiary/aromatic N) is 2. The third-order valence-electron chi connectivity index (χ3n) is 6.33. The highest BCUT2D eigenvalue weighted by Gasteiger charge is 2.23. The van der Waals surface area contributed by atoms with Gasteiger partial charge < -0.3 is 5.11 Å². The molecule has 0 spiro atoms. The van der Waals surface area contributed by atoms with E-state index in [4.69, 9.17) is 23.2 Å². The Kier molecular flexibility index (Phi) is 6.46. The molecular weight excluding hydrogens is 467 g/mol. The number of carbonyl (C=O) groups excluding carboxylic acids is 1. The second-order valence-electron chi connectivity index (χ2n) is 8.44. The van der Waals surface area contributed by atoms with E-state index in [0.29, 0.717) is 10.7 Å². The van der Waals surface area contributed by atoms with E-state index in [0.717, 1.165) is 69.8 Å². The molecule has 0 saturated heterocycles. The number of aliphatic hydroxyl groups is 1. The van der Waals surface area contributed by atoms with Crippen LogP contribution < -0.4 is 0 Å². The lowest BCUT2D eigenvalue weighted by Gasteiger charge is -2.13. The lowest BCUT2D eigenvalue weighted by atomic mass is 10.0. The van der Waals surface area contributed by atoms with Crippen LogP contribution in [0.5, 0.6) is 0 Å². The molecule has 1 N–H and O–H groups in total. The fourth-order valence-corrected chi connectivity index (χ4v) is 5.00. The summed E-state index contributed by atoms with van der Waals surface area (Å²) in [4.78, 5) is 20.8. The number of benzene rings is 2. The van der Waals surface area contributed by atoms with E-state index in [1.807, 2.05) is 48.5 Å². The second kappa shape index (κ2) is 9.67. The molecule has 1 unspecified atom stereocenters. The van der Waals surface area contributed by atoms with Gasteiger partial charge in [-0.15, -0.1) is 0 Å². The Balaban J connectivity index is 0.000000142. The molecule has 170 valence electrons. The van der Waals surface area contributed by atoms with Crippen molar-refractivity contribution in [1.29, 1.82) is 0 Å². The molecule has 2 aliphatic carbocycles. The van der Waals surface area contributed by atoms with Crippen LogP contribution in [0.2, 0.25) is 10.0 Å². The van der Waals surface area contributed by atoms with Crippen molar-refractivity contribution in [2.24, 2.45) is 0 Å². The second-order valence-corrected chi connectivity index (χ2v) is 9.31. The SMILES string of the molecule is O=C1c2ccc(Cl)cc2CCc2cccnc21.OC1c2ccc(Cl)cc2CCc2cccnc21. The monoisotopic (exact) mass is 488 g/mol. The number of pyridine rings is 2. The molecule has 2 aromatic carbocycles. The van der Waals surface area contributed by atoms with Gasteiger partial charge in [-0.25, -0.2) is 0 Å². The molecule has 6 rings (SSSR count). The molecule has 2 aromatic heterocycles. The van der Waals surface area contributed by atoms with Crippen molar-refractivity contribution in [3.63, 3.8) is 0 Å². The summed E-state index contributed by atoms with van der Waals surface area (Å²) in [5, 5.41) is 11.8. The predicted octanol–water partition coefficient (Wildman–Crippen LogP) is 5.98. The van der Waals surface area contributed by atoms with E-state index in [1.165, 1.54) is 0 Å². The quantitative estimate of drug-likeness (QED) is 0.330. The van der Waals surface area contributed by atoms with Gasteiger partial charge in [0.2, 0.25) is 5.78 Å². The van der Waals surface area contributed by atoms with Crippen LogP contribution in [0.3, 0.4) is 0 Å². The molecule has 2 heterocycles. The Morgan fingerprint density at radius 2 is 1.35 bits per heavy atom. The maximum absolute atomic E-state index is 12.3. The molecule has 0 amide bonds. The van der Waals surface area contributed by atoms with Gasteiger partial charge >= 0.3 is 0 Å². The van der Waals surface area contributed by atoms with E-state index < -0.39 is 6.10 Å². The minimum atomic E-state index is -0.638. The zero-order valence-electron chi connectivity index (χ0n) is 18.3. The summed E-state index contributed by atoms with van der Waals surface area (Å²) in [5.74, 6) is 0.00441. The van der Waals surface area contributed by atoms with Crippen LogP contribution in [0.1, 0.15) is 55.7 Å². The van der Waals surface area contributed by atoms with Crippen LogP contribution in [-0.2, 0) is 25.7 Å². The van der Waals surface area contributed by atoms with Crippen LogP contribution in [0.4, 0.5) is 0 Å². The number of aliphatic hydroxyl groups excluding tert-OH is 1. The lowest BCUT2D eigenvalue weighted by Crippen LogP contribution is -2.06. The number of fused-ring (bicyclic) bond motifs is 4. The molecule has 2 aliphatic rings. The predicted molar refractivity (Wildman–Crippen MR) is 134 cm³/mol. The topological polar surface area (TPSA) is 63.1 Å². The molecule has 1 atom stereocenters. The van der Waals surface area contributed by atoms with Crippen molar-refractivity contribution in [3.05, 3.63) is 128 Å². The van der Waals surface area contributed by atoms with E-state index in [9.17, 15) is 9.90 Å². The standard InChI is InChI=1S/C14H12ClNO.C14H10ClNO/c2*15-11-5-6-12-10(8-11)4-3-9-2-1-7-16-13(9)14(12)17/h1-2,5-8,14,17H,3-4H2;1-2,5-8H,3-4H2. The first-order valence-electron chi connectivity index (χ1n) is 11.2. The summed E-state index contributed by atoms with van der Waals surface area (Å²) < 4.78 is 0. The zero-order valence-corrected chi connectivity index (χ0v) is 19.9. The van der Waals surface area contributed by atoms with Crippen molar-refractivity contribution in [2.75, 3.05) is 0 Å². The molecule has 6 heteroatoms. The Morgan fingerprint density at radius 1 is 0.735 bits per heavy atom. The molecule has 34 heavy (non-hydrogen) atoms. The smallest absolute Gasteiger partial charge is 0.211 e. The molecule has 4 nitrogen and oxygen atoms in total. The Bertz CT molecular complexity index is 1390. The maximum Gasteiger partial charge on any atom is 0.211 e. The van der Waals surface area contributed by atoms with Gasteiger partial charge in [0.1, 0.15) is 11.8 Å². The van der Waals surface area contributed by atoms with Crippen molar-refractivity contribution in [1.82, 2.24) is 9.97 Å². The van der Waals surface area contributed by atoms with Crippen LogP contribution in [0.15, 0.2) is 73.1 Å². The summed E-state index contributed by atoms with van der Waals surface area (Å²) in [6, 6.07) is 18.8. The maximum atomic E-state index is 12.3. The molecular formula is C28H22Cl2N2O2.